The van der Waals surface area contributed by atoms with E-state index in [2.05, 4.69) is 17.9 Å². The first-order chi connectivity index (χ1) is 7.27. The van der Waals surface area contributed by atoms with Gasteiger partial charge in [0.2, 0.25) is 0 Å². The molecule has 1 aliphatic carbocycles. The van der Waals surface area contributed by atoms with Gasteiger partial charge in [-0.3, -0.25) is 0 Å². The lowest BCUT2D eigenvalue weighted by atomic mass is 9.72. The van der Waals surface area contributed by atoms with Gasteiger partial charge in [-0.15, -0.1) is 11.8 Å². The fourth-order valence-corrected chi connectivity index (χ4v) is 2.26. The fourth-order valence-electron chi connectivity index (χ4n) is 2.07. The number of benzene rings is 1. The first kappa shape index (κ1) is 10.5. The molecule has 0 amide bonds. The number of halogens is 1. The highest BCUT2D eigenvalue weighted by atomic mass is 35.5. The van der Waals surface area contributed by atoms with E-state index in [-0.39, 0.29) is 5.41 Å². The average molecular weight is 220 g/mol. The third kappa shape index (κ3) is 2.02. The molecule has 0 saturated heterocycles. The number of nitrogens with two attached hydrogens (primary N) is 1. The second-order valence-electron chi connectivity index (χ2n) is 4.03. The second-order valence-corrected chi connectivity index (χ2v) is 4.46. The highest BCUT2D eigenvalue weighted by molar-refractivity contribution is 6.30. The van der Waals surface area contributed by atoms with Crippen molar-refractivity contribution < 1.29 is 0 Å². The lowest BCUT2D eigenvalue weighted by molar-refractivity contribution is 0.411. The van der Waals surface area contributed by atoms with Gasteiger partial charge in [-0.25, -0.2) is 0 Å². The van der Waals surface area contributed by atoms with E-state index in [4.69, 9.17) is 17.3 Å². The molecule has 2 rings (SSSR count). The van der Waals surface area contributed by atoms with Crippen molar-refractivity contribution in [2.45, 2.75) is 24.7 Å². The summed E-state index contributed by atoms with van der Waals surface area (Å²) < 4.78 is 0. The fraction of sp³-hybridized carbons (Fsp3) is 0.385. The lowest BCUT2D eigenvalue weighted by Crippen LogP contribution is -2.35. The summed E-state index contributed by atoms with van der Waals surface area (Å²) in [6, 6.07) is 7.99. The number of rotatable bonds is 2. The Morgan fingerprint density at radius 3 is 2.87 bits per heavy atom. The van der Waals surface area contributed by atoms with Gasteiger partial charge in [0, 0.05) is 29.8 Å². The van der Waals surface area contributed by atoms with Crippen LogP contribution < -0.4 is 5.73 Å². The molecule has 1 aromatic rings. The Morgan fingerprint density at radius 1 is 1.40 bits per heavy atom. The Labute approximate surface area is 95.6 Å². The van der Waals surface area contributed by atoms with E-state index >= 15 is 0 Å². The van der Waals surface area contributed by atoms with Gasteiger partial charge in [-0.2, -0.15) is 0 Å². The molecule has 0 fully saturated rings. The van der Waals surface area contributed by atoms with E-state index in [0.29, 0.717) is 6.54 Å². The Balaban J connectivity index is 2.39. The molecule has 78 valence electrons. The van der Waals surface area contributed by atoms with Gasteiger partial charge in [0.1, 0.15) is 0 Å². The monoisotopic (exact) mass is 219 g/mol. The highest BCUT2D eigenvalue weighted by Crippen LogP contribution is 2.34. The van der Waals surface area contributed by atoms with Crippen molar-refractivity contribution in [1.82, 2.24) is 0 Å². The van der Waals surface area contributed by atoms with E-state index < -0.39 is 0 Å². The van der Waals surface area contributed by atoms with E-state index in [9.17, 15) is 0 Å². The Hall–Kier alpha value is -0.970. The van der Waals surface area contributed by atoms with Crippen molar-refractivity contribution in [1.29, 1.82) is 0 Å². The van der Waals surface area contributed by atoms with Crippen molar-refractivity contribution in [3.8, 4) is 11.8 Å². The normalized spacial score (nSPS) is 24.4. The van der Waals surface area contributed by atoms with Crippen molar-refractivity contribution in [3.05, 3.63) is 34.9 Å². The van der Waals surface area contributed by atoms with Gasteiger partial charge in [0.15, 0.2) is 0 Å². The second kappa shape index (κ2) is 4.26. The molecular formula is C13H14ClN. The summed E-state index contributed by atoms with van der Waals surface area (Å²) in [5, 5.41) is 0.777. The van der Waals surface area contributed by atoms with Crippen molar-refractivity contribution in [2.75, 3.05) is 6.54 Å². The van der Waals surface area contributed by atoms with Crippen LogP contribution in [0, 0.1) is 11.8 Å². The van der Waals surface area contributed by atoms with E-state index in [0.717, 1.165) is 24.3 Å². The zero-order chi connectivity index (χ0) is 10.7. The molecule has 0 unspecified atom stereocenters. The Morgan fingerprint density at radius 2 is 2.27 bits per heavy atom. The molecule has 0 radical (unpaired) electrons. The maximum atomic E-state index is 6.01. The lowest BCUT2D eigenvalue weighted by Gasteiger charge is -2.32. The molecule has 2 heteroatoms. The summed E-state index contributed by atoms with van der Waals surface area (Å²) in [6.07, 6.45) is 2.82. The molecule has 1 atom stereocenters. The molecule has 0 heterocycles. The smallest absolute Gasteiger partial charge is 0.0408 e. The number of hydrogen-bond donors (Lipinski definition) is 1. The Kier molecular flexibility index (Phi) is 3.00. The maximum Gasteiger partial charge on any atom is 0.0408 e. The molecule has 0 bridgehead atoms. The third-order valence-corrected chi connectivity index (χ3v) is 3.34. The summed E-state index contributed by atoms with van der Waals surface area (Å²) in [7, 11) is 0. The summed E-state index contributed by atoms with van der Waals surface area (Å²) in [5.74, 6) is 6.29. The van der Waals surface area contributed by atoms with Gasteiger partial charge < -0.3 is 5.73 Å². The maximum absolute atomic E-state index is 6.01. The molecular weight excluding hydrogens is 206 g/mol. The third-order valence-electron chi connectivity index (χ3n) is 3.11. The minimum atomic E-state index is 0.0240. The quantitative estimate of drug-likeness (QED) is 0.761. The zero-order valence-corrected chi connectivity index (χ0v) is 9.35. The highest BCUT2D eigenvalue weighted by Gasteiger charge is 2.30. The standard InChI is InChI=1S/C13H14ClN/c14-12-6-4-5-11(9-12)13(10-15)7-2-1-3-8-13/h4-6,9H,2,7-8,10,15H2/t13-/m1/s1. The number of hydrogen-bond acceptors (Lipinski definition) is 1. The molecule has 15 heavy (non-hydrogen) atoms. The minimum absolute atomic E-state index is 0.0240. The molecule has 0 saturated carbocycles. The molecule has 0 aliphatic heterocycles. The first-order valence-corrected chi connectivity index (χ1v) is 5.56. The van der Waals surface area contributed by atoms with E-state index in [1.54, 1.807) is 0 Å². The van der Waals surface area contributed by atoms with E-state index in [1.165, 1.54) is 5.56 Å². The predicted molar refractivity (Wildman–Crippen MR) is 63.8 cm³/mol. The molecule has 0 aromatic heterocycles. The van der Waals surface area contributed by atoms with Crippen molar-refractivity contribution in [2.24, 2.45) is 5.73 Å². The van der Waals surface area contributed by atoms with Crippen LogP contribution in [0.5, 0.6) is 0 Å². The van der Waals surface area contributed by atoms with Gasteiger partial charge in [-0.05, 0) is 24.1 Å². The van der Waals surface area contributed by atoms with Crippen LogP contribution in [0.25, 0.3) is 0 Å². The van der Waals surface area contributed by atoms with Gasteiger partial charge >= 0.3 is 0 Å². The molecule has 1 aromatic carbocycles. The molecule has 2 N–H and O–H groups in total. The first-order valence-electron chi connectivity index (χ1n) is 5.19. The predicted octanol–water partition coefficient (Wildman–Crippen LogP) is 2.72. The van der Waals surface area contributed by atoms with Crippen molar-refractivity contribution in [3.63, 3.8) is 0 Å². The summed E-state index contributed by atoms with van der Waals surface area (Å²) >= 11 is 6.01. The average Bonchev–Trinajstić information content (AvgIpc) is 2.30. The van der Waals surface area contributed by atoms with Crippen LogP contribution in [0.2, 0.25) is 5.02 Å². The molecule has 1 nitrogen and oxygen atoms in total. The van der Waals surface area contributed by atoms with Gasteiger partial charge in [0.05, 0.1) is 0 Å². The topological polar surface area (TPSA) is 26.0 Å². The van der Waals surface area contributed by atoms with Crippen LogP contribution >= 0.6 is 11.6 Å². The summed E-state index contributed by atoms with van der Waals surface area (Å²) in [6.45, 7) is 0.641. The van der Waals surface area contributed by atoms with E-state index in [1.807, 2.05) is 18.2 Å². The van der Waals surface area contributed by atoms with Crippen LogP contribution in [0.15, 0.2) is 24.3 Å². The Bertz CT molecular complexity index is 416. The van der Waals surface area contributed by atoms with Crippen molar-refractivity contribution >= 4 is 11.6 Å². The van der Waals surface area contributed by atoms with Crippen LogP contribution in [0.4, 0.5) is 0 Å². The van der Waals surface area contributed by atoms with Gasteiger partial charge in [0.25, 0.3) is 0 Å². The van der Waals surface area contributed by atoms with Gasteiger partial charge in [-0.1, -0.05) is 23.7 Å². The summed E-state index contributed by atoms with van der Waals surface area (Å²) in [4.78, 5) is 0. The SMILES string of the molecule is NC[C@]1(c2cccc(Cl)c2)CC#CCC1. The minimum Gasteiger partial charge on any atom is -0.330 e. The van der Waals surface area contributed by atoms with Crippen LogP contribution in [0.3, 0.4) is 0 Å². The zero-order valence-electron chi connectivity index (χ0n) is 8.59. The largest absolute Gasteiger partial charge is 0.330 e. The molecule has 0 spiro atoms. The van der Waals surface area contributed by atoms with Crippen LogP contribution in [-0.4, -0.2) is 6.54 Å². The molecule has 1 aliphatic rings. The summed E-state index contributed by atoms with van der Waals surface area (Å²) in [5.41, 5.74) is 7.16. The van der Waals surface area contributed by atoms with Crippen LogP contribution in [0.1, 0.15) is 24.8 Å². The van der Waals surface area contributed by atoms with Crippen LogP contribution in [-0.2, 0) is 5.41 Å².